The Morgan fingerprint density at radius 3 is 1.52 bits per heavy atom. The maximum Gasteiger partial charge on any atom is 0.0713 e. The number of fused-ring (bicyclic) bond motifs is 6. The van der Waals surface area contributed by atoms with E-state index >= 15 is 0 Å². The summed E-state index contributed by atoms with van der Waals surface area (Å²) in [5, 5.41) is 2.56. The van der Waals surface area contributed by atoms with Gasteiger partial charge in [0.2, 0.25) is 0 Å². The van der Waals surface area contributed by atoms with Gasteiger partial charge in [-0.05, 0) is 74.8 Å². The molecule has 1 heteroatoms. The van der Waals surface area contributed by atoms with E-state index in [0.29, 0.717) is 0 Å². The second-order valence-corrected chi connectivity index (χ2v) is 11.7. The molecule has 7 aromatic carbocycles. The Bertz CT molecular complexity index is 2220. The molecule has 0 unspecified atom stereocenters. The van der Waals surface area contributed by atoms with E-state index in [1.165, 1.54) is 72.0 Å². The fourth-order valence-corrected chi connectivity index (χ4v) is 7.65. The first-order valence-electron chi connectivity index (χ1n) is 15.3. The third-order valence-corrected chi connectivity index (χ3v) is 9.49. The van der Waals surface area contributed by atoms with Gasteiger partial charge in [-0.15, -0.1) is 0 Å². The van der Waals surface area contributed by atoms with Crippen LogP contribution in [0.1, 0.15) is 22.3 Å². The Hall–Kier alpha value is -5.66. The smallest absolute Gasteiger partial charge is 0.0713 e. The molecule has 1 aliphatic carbocycles. The number of benzene rings is 7. The molecule has 1 aliphatic rings. The topological polar surface area (TPSA) is 4.93 Å². The summed E-state index contributed by atoms with van der Waals surface area (Å²) in [7, 11) is 0. The number of hydrogen-bond acceptors (Lipinski definition) is 0. The van der Waals surface area contributed by atoms with Crippen LogP contribution in [-0.4, -0.2) is 4.57 Å². The summed E-state index contributed by atoms with van der Waals surface area (Å²) in [5.74, 6) is 0. The van der Waals surface area contributed by atoms with Crippen molar-refractivity contribution in [3.05, 3.63) is 198 Å². The lowest BCUT2D eigenvalue weighted by Gasteiger charge is -2.34. The Kier molecular flexibility index (Phi) is 5.48. The lowest BCUT2D eigenvalue weighted by Crippen LogP contribution is -2.28. The molecule has 1 nitrogen and oxygen atoms in total. The molecule has 206 valence electrons. The lowest BCUT2D eigenvalue weighted by atomic mass is 9.67. The zero-order valence-electron chi connectivity index (χ0n) is 24.2. The van der Waals surface area contributed by atoms with Gasteiger partial charge in [0, 0.05) is 16.5 Å². The second kappa shape index (κ2) is 9.69. The maximum absolute atomic E-state index is 2.40. The maximum atomic E-state index is 2.40. The first-order valence-corrected chi connectivity index (χ1v) is 15.3. The summed E-state index contributed by atoms with van der Waals surface area (Å²) in [6.07, 6.45) is 0. The van der Waals surface area contributed by atoms with Crippen LogP contribution in [0.4, 0.5) is 0 Å². The number of para-hydroxylation sites is 2. The molecule has 1 heterocycles. The average Bonchev–Trinajstić information content (AvgIpc) is 3.60. The minimum absolute atomic E-state index is 0.395. The van der Waals surface area contributed by atoms with Gasteiger partial charge in [-0.3, -0.25) is 0 Å². The van der Waals surface area contributed by atoms with Gasteiger partial charge in [0.25, 0.3) is 0 Å². The standard InChI is InChI=1S/C43H29N/c1-2-14-32(15-3-1)43(39-21-8-4-17-35(39)36-18-5-9-22-40(36)43)33-16-12-13-31(29-33)30-25-27-34(28-26-30)44-41-23-10-6-19-37(41)38-20-7-11-24-42(38)44/h1-29H. The fourth-order valence-electron chi connectivity index (χ4n) is 7.65. The highest BCUT2D eigenvalue weighted by Gasteiger charge is 2.45. The third-order valence-electron chi connectivity index (χ3n) is 9.49. The van der Waals surface area contributed by atoms with Gasteiger partial charge >= 0.3 is 0 Å². The van der Waals surface area contributed by atoms with Gasteiger partial charge in [0.15, 0.2) is 0 Å². The number of hydrogen-bond donors (Lipinski definition) is 0. The first-order chi connectivity index (χ1) is 21.8. The van der Waals surface area contributed by atoms with Crippen LogP contribution in [0.2, 0.25) is 0 Å². The van der Waals surface area contributed by atoms with E-state index in [9.17, 15) is 0 Å². The largest absolute Gasteiger partial charge is 0.309 e. The Balaban J connectivity index is 1.21. The molecule has 0 fully saturated rings. The van der Waals surface area contributed by atoms with Crippen LogP contribution in [0, 0.1) is 0 Å². The van der Waals surface area contributed by atoms with Crippen molar-refractivity contribution in [3.8, 4) is 27.9 Å². The Labute approximate surface area is 257 Å². The van der Waals surface area contributed by atoms with E-state index in [2.05, 4.69) is 180 Å². The second-order valence-electron chi connectivity index (χ2n) is 11.7. The van der Waals surface area contributed by atoms with E-state index in [1.807, 2.05) is 0 Å². The van der Waals surface area contributed by atoms with Crippen molar-refractivity contribution in [2.45, 2.75) is 5.41 Å². The number of aromatic nitrogens is 1. The highest BCUT2D eigenvalue weighted by atomic mass is 15.0. The summed E-state index contributed by atoms with van der Waals surface area (Å²) in [4.78, 5) is 0. The van der Waals surface area contributed by atoms with Crippen LogP contribution in [0.25, 0.3) is 49.7 Å². The summed E-state index contributed by atoms with van der Waals surface area (Å²) >= 11 is 0. The summed E-state index contributed by atoms with van der Waals surface area (Å²) in [5.41, 5.74) is 13.5. The normalized spacial score (nSPS) is 13.2. The van der Waals surface area contributed by atoms with Crippen molar-refractivity contribution in [3.63, 3.8) is 0 Å². The van der Waals surface area contributed by atoms with Gasteiger partial charge < -0.3 is 4.57 Å². The van der Waals surface area contributed by atoms with Crippen LogP contribution < -0.4 is 0 Å². The van der Waals surface area contributed by atoms with E-state index in [-0.39, 0.29) is 0 Å². The molecule has 0 saturated heterocycles. The molecule has 0 saturated carbocycles. The van der Waals surface area contributed by atoms with Gasteiger partial charge in [-0.25, -0.2) is 0 Å². The van der Waals surface area contributed by atoms with Crippen LogP contribution >= 0.6 is 0 Å². The van der Waals surface area contributed by atoms with Crippen LogP contribution in [0.5, 0.6) is 0 Å². The lowest BCUT2D eigenvalue weighted by molar-refractivity contribution is 0.769. The zero-order valence-corrected chi connectivity index (χ0v) is 24.2. The van der Waals surface area contributed by atoms with Gasteiger partial charge in [0.1, 0.15) is 0 Å². The highest BCUT2D eigenvalue weighted by molar-refractivity contribution is 6.09. The van der Waals surface area contributed by atoms with E-state index in [4.69, 9.17) is 0 Å². The third kappa shape index (κ3) is 3.47. The van der Waals surface area contributed by atoms with E-state index in [1.54, 1.807) is 0 Å². The molecule has 44 heavy (non-hydrogen) atoms. The van der Waals surface area contributed by atoms with E-state index in [0.717, 1.165) is 0 Å². The minimum atomic E-state index is -0.395. The van der Waals surface area contributed by atoms with Crippen molar-refractivity contribution >= 4 is 21.8 Å². The van der Waals surface area contributed by atoms with Crippen LogP contribution in [-0.2, 0) is 5.41 Å². The Morgan fingerprint density at radius 1 is 0.364 bits per heavy atom. The van der Waals surface area contributed by atoms with Gasteiger partial charge in [0.05, 0.1) is 16.4 Å². The molecule has 1 aromatic heterocycles. The van der Waals surface area contributed by atoms with E-state index < -0.39 is 5.41 Å². The summed E-state index contributed by atoms with van der Waals surface area (Å²) in [6, 6.07) is 64.5. The Morgan fingerprint density at radius 2 is 0.886 bits per heavy atom. The van der Waals surface area contributed by atoms with Gasteiger partial charge in [-0.2, -0.15) is 0 Å². The quantitative estimate of drug-likeness (QED) is 0.202. The molecule has 0 spiro atoms. The van der Waals surface area contributed by atoms with Gasteiger partial charge in [-0.1, -0.05) is 146 Å². The molecule has 9 rings (SSSR count). The average molecular weight is 560 g/mol. The molecular formula is C43H29N. The zero-order chi connectivity index (χ0) is 29.1. The highest BCUT2D eigenvalue weighted by Crippen LogP contribution is 2.56. The summed E-state index contributed by atoms with van der Waals surface area (Å²) < 4.78 is 2.38. The molecule has 0 radical (unpaired) electrons. The number of nitrogens with zero attached hydrogens (tertiary/aromatic N) is 1. The molecule has 0 amide bonds. The monoisotopic (exact) mass is 559 g/mol. The van der Waals surface area contributed by atoms with Crippen molar-refractivity contribution in [2.75, 3.05) is 0 Å². The molecule has 0 aliphatic heterocycles. The van der Waals surface area contributed by atoms with Crippen molar-refractivity contribution in [1.82, 2.24) is 4.57 Å². The predicted octanol–water partition coefficient (Wildman–Crippen LogP) is 10.8. The minimum Gasteiger partial charge on any atom is -0.309 e. The van der Waals surface area contributed by atoms with Crippen molar-refractivity contribution in [1.29, 1.82) is 0 Å². The molecular weight excluding hydrogens is 530 g/mol. The molecule has 8 aromatic rings. The first kappa shape index (κ1) is 24.9. The molecule has 0 bridgehead atoms. The predicted molar refractivity (Wildman–Crippen MR) is 184 cm³/mol. The fraction of sp³-hybridized carbons (Fsp3) is 0.0233. The SMILES string of the molecule is c1ccc(C2(c3cccc(-c4ccc(-n5c6ccccc6c6ccccc65)cc4)c3)c3ccccc3-c3ccccc32)cc1. The van der Waals surface area contributed by atoms with Crippen molar-refractivity contribution in [2.24, 2.45) is 0 Å². The van der Waals surface area contributed by atoms with Crippen LogP contribution in [0.3, 0.4) is 0 Å². The number of rotatable bonds is 4. The molecule has 0 atom stereocenters. The molecule has 0 N–H and O–H groups in total. The van der Waals surface area contributed by atoms with Crippen LogP contribution in [0.15, 0.2) is 176 Å². The summed E-state index contributed by atoms with van der Waals surface area (Å²) in [6.45, 7) is 0. The van der Waals surface area contributed by atoms with Crippen molar-refractivity contribution < 1.29 is 0 Å².